The minimum atomic E-state index is -5.17. The first kappa shape index (κ1) is 50.9. The molecular weight excluding hydrogens is 363 g/mol. The number of hydrogen-bond donors (Lipinski definition) is 2. The molecule has 0 aliphatic rings. The zero-order valence-corrected chi connectivity index (χ0v) is 12.1. The Labute approximate surface area is 120 Å². The van der Waals surface area contributed by atoms with Gasteiger partial charge in [-0.3, -0.25) is 16.8 Å². The maximum atomic E-state index is 8.52. The Kier molecular flexibility index (Phi) is 71.1. The zero-order chi connectivity index (χ0) is 12.4. The second-order valence-electron chi connectivity index (χ2n) is 1.52. The van der Waals surface area contributed by atoms with Crippen LogP contribution in [0.1, 0.15) is 0 Å². The van der Waals surface area contributed by atoms with Gasteiger partial charge in [0.15, 0.2) is 0 Å². The second-order valence-corrected chi connectivity index (χ2v) is 3.16. The summed E-state index contributed by atoms with van der Waals surface area (Å²) in [5.74, 6) is 0. The molecule has 0 bridgehead atoms. The first-order valence-electron chi connectivity index (χ1n) is 2.83. The molecular formula is C2H18MnN2O12S2. The molecule has 0 aromatic rings. The average Bonchev–Trinajstić information content (AvgIpc) is 1.79. The summed E-state index contributed by atoms with van der Waals surface area (Å²) in [4.78, 5) is 0. The van der Waals surface area contributed by atoms with E-state index in [1.165, 1.54) is 0 Å². The summed E-state index contributed by atoms with van der Waals surface area (Å²) in [7, 11) is -10.3. The molecule has 0 aromatic heterocycles. The Hall–Kier alpha value is 0.0195. The molecule has 19 heavy (non-hydrogen) atoms. The van der Waals surface area contributed by atoms with Crippen molar-refractivity contribution in [1.82, 2.24) is 0 Å². The SMILES string of the molecule is O.O.O.O.O=S(=O)([O-])[O-].O=S(=O)([O-])[O-].[Mn+2].[NH3+]CC[NH3+]. The van der Waals surface area contributed by atoms with E-state index in [2.05, 4.69) is 11.5 Å². The van der Waals surface area contributed by atoms with Gasteiger partial charge in [0.25, 0.3) is 0 Å². The van der Waals surface area contributed by atoms with Gasteiger partial charge in [-0.05, 0) is 0 Å². The Morgan fingerprint density at radius 1 is 0.632 bits per heavy atom. The predicted octanol–water partition coefficient (Wildman–Crippen LogP) is -8.51. The zero-order valence-electron chi connectivity index (χ0n) is 9.29. The van der Waals surface area contributed by atoms with Crippen LogP contribution in [0.3, 0.4) is 0 Å². The molecule has 0 atom stereocenters. The van der Waals surface area contributed by atoms with Crippen molar-refractivity contribution in [3.05, 3.63) is 0 Å². The maximum absolute atomic E-state index is 8.52. The molecule has 0 saturated heterocycles. The van der Waals surface area contributed by atoms with Crippen LogP contribution >= 0.6 is 0 Å². The molecule has 1 radical (unpaired) electrons. The fourth-order valence-electron chi connectivity index (χ4n) is 0. The number of rotatable bonds is 1. The molecule has 0 aromatic carbocycles. The van der Waals surface area contributed by atoms with Gasteiger partial charge < -0.3 is 51.6 Å². The Bertz CT molecular complexity index is 252. The van der Waals surface area contributed by atoms with Gasteiger partial charge in [-0.1, -0.05) is 0 Å². The van der Waals surface area contributed by atoms with Gasteiger partial charge in [0.05, 0.1) is 0 Å². The van der Waals surface area contributed by atoms with Crippen LogP contribution in [0, 0.1) is 0 Å². The summed E-state index contributed by atoms with van der Waals surface area (Å²) in [5.41, 5.74) is 7.08. The van der Waals surface area contributed by atoms with E-state index in [1.807, 2.05) is 0 Å². The van der Waals surface area contributed by atoms with Crippen LogP contribution < -0.4 is 11.5 Å². The molecule has 0 amide bonds. The third-order valence-electron chi connectivity index (χ3n) is 0.250. The van der Waals surface area contributed by atoms with Crippen LogP contribution in [0.4, 0.5) is 0 Å². The van der Waals surface area contributed by atoms with E-state index in [0.717, 1.165) is 13.1 Å². The van der Waals surface area contributed by atoms with E-state index in [-0.39, 0.29) is 39.0 Å². The van der Waals surface area contributed by atoms with Crippen molar-refractivity contribution in [2.75, 3.05) is 13.1 Å². The fraction of sp³-hybridized carbons (Fsp3) is 1.00. The van der Waals surface area contributed by atoms with E-state index in [1.54, 1.807) is 0 Å². The van der Waals surface area contributed by atoms with Gasteiger partial charge in [-0.25, -0.2) is 0 Å². The maximum Gasteiger partial charge on any atom is 2.00 e. The van der Waals surface area contributed by atoms with Gasteiger partial charge >= 0.3 is 17.1 Å². The molecule has 0 saturated carbocycles. The summed E-state index contributed by atoms with van der Waals surface area (Å²) in [5, 5.41) is 0. The monoisotopic (exact) mass is 381 g/mol. The molecule has 14 N–H and O–H groups in total. The summed E-state index contributed by atoms with van der Waals surface area (Å²) >= 11 is 0. The van der Waals surface area contributed by atoms with E-state index in [4.69, 9.17) is 35.0 Å². The van der Waals surface area contributed by atoms with Crippen LogP contribution in [-0.2, 0) is 37.9 Å². The summed E-state index contributed by atoms with van der Waals surface area (Å²) in [6.07, 6.45) is 0. The molecule has 0 heterocycles. The second kappa shape index (κ2) is 26.6. The van der Waals surface area contributed by atoms with Gasteiger partial charge in [0, 0.05) is 20.8 Å². The summed E-state index contributed by atoms with van der Waals surface area (Å²) in [6, 6.07) is 0. The first-order valence-corrected chi connectivity index (χ1v) is 5.50. The van der Waals surface area contributed by atoms with Crippen molar-refractivity contribution in [2.24, 2.45) is 0 Å². The van der Waals surface area contributed by atoms with Crippen LogP contribution in [0.5, 0.6) is 0 Å². The van der Waals surface area contributed by atoms with Crippen molar-refractivity contribution in [2.45, 2.75) is 0 Å². The fourth-order valence-corrected chi connectivity index (χ4v) is 0. The smallest absolute Gasteiger partial charge is 0.759 e. The normalized spacial score (nSPS) is 7.68. The molecule has 14 nitrogen and oxygen atoms in total. The van der Waals surface area contributed by atoms with Crippen molar-refractivity contribution in [3.8, 4) is 0 Å². The van der Waals surface area contributed by atoms with Gasteiger partial charge in [-0.15, -0.1) is 0 Å². The van der Waals surface area contributed by atoms with Gasteiger partial charge in [0.1, 0.15) is 13.1 Å². The molecule has 127 valence electrons. The third-order valence-corrected chi connectivity index (χ3v) is 0.250. The van der Waals surface area contributed by atoms with E-state index >= 15 is 0 Å². The third kappa shape index (κ3) is 4450. The van der Waals surface area contributed by atoms with E-state index < -0.39 is 20.8 Å². The Balaban J connectivity index is -0.0000000141. The molecule has 17 heteroatoms. The standard InChI is InChI=1S/C2H8N2.Mn.2H2O4S.4H2O/c3-1-2-4;;2*1-5(2,3)4;;;;/h1-4H2;;2*(H2,1,2,3,4);4*1H2/q;+2;;;;;;/p-2. The van der Waals surface area contributed by atoms with Crippen LogP contribution in [0.15, 0.2) is 0 Å². The topological polar surface area (TPSA) is 342 Å². The summed E-state index contributed by atoms with van der Waals surface area (Å²) in [6.45, 7) is 1.92. The quantitative estimate of drug-likeness (QED) is 0.248. The number of quaternary nitrogens is 2. The van der Waals surface area contributed by atoms with Crippen molar-refractivity contribution < 1.29 is 85.5 Å². The van der Waals surface area contributed by atoms with E-state index in [9.17, 15) is 0 Å². The minimum Gasteiger partial charge on any atom is -0.759 e. The van der Waals surface area contributed by atoms with Crippen LogP contribution in [0.25, 0.3) is 0 Å². The minimum absolute atomic E-state index is 0. The molecule has 0 unspecified atom stereocenters. The number of hydrogen-bond acceptors (Lipinski definition) is 8. The van der Waals surface area contributed by atoms with Crippen molar-refractivity contribution in [1.29, 1.82) is 0 Å². The molecule has 0 fully saturated rings. The molecule has 0 spiro atoms. The Morgan fingerprint density at radius 2 is 0.684 bits per heavy atom. The van der Waals surface area contributed by atoms with E-state index in [0.29, 0.717) is 0 Å². The van der Waals surface area contributed by atoms with Crippen molar-refractivity contribution >= 4 is 20.8 Å². The molecule has 0 rings (SSSR count). The van der Waals surface area contributed by atoms with Crippen molar-refractivity contribution in [3.63, 3.8) is 0 Å². The predicted molar refractivity (Wildman–Crippen MR) is 50.9 cm³/mol. The molecule has 0 aliphatic carbocycles. The first-order chi connectivity index (χ1) is 5.91. The average molecular weight is 381 g/mol. The van der Waals surface area contributed by atoms with Gasteiger partial charge in [0.2, 0.25) is 0 Å². The largest absolute Gasteiger partial charge is 2.00 e. The summed E-state index contributed by atoms with van der Waals surface area (Å²) < 4.78 is 68.2. The van der Waals surface area contributed by atoms with Crippen LogP contribution in [-0.4, -0.2) is 70.0 Å². The molecule has 0 aliphatic heterocycles. The van der Waals surface area contributed by atoms with Crippen LogP contribution in [0.2, 0.25) is 0 Å². The Morgan fingerprint density at radius 3 is 0.684 bits per heavy atom. The van der Waals surface area contributed by atoms with Gasteiger partial charge in [-0.2, -0.15) is 0 Å².